The summed E-state index contributed by atoms with van der Waals surface area (Å²) < 4.78 is 26.7. The molecule has 0 aliphatic heterocycles. The highest BCUT2D eigenvalue weighted by molar-refractivity contribution is 6.31. The minimum Gasteiger partial charge on any atom is -0.378 e. The molecule has 110 valence electrons. The molecule has 2 aromatic rings. The number of rotatable bonds is 4. The van der Waals surface area contributed by atoms with Crippen LogP contribution in [0.3, 0.4) is 0 Å². The summed E-state index contributed by atoms with van der Waals surface area (Å²) in [5.41, 5.74) is 1.35. The molecule has 0 aliphatic rings. The number of anilines is 2. The van der Waals surface area contributed by atoms with E-state index in [1.165, 1.54) is 43.3 Å². The molecular weight excluding hydrogens is 298 g/mol. The second-order valence-electron chi connectivity index (χ2n) is 4.47. The Morgan fingerprint density at radius 2 is 1.95 bits per heavy atom. The van der Waals surface area contributed by atoms with Crippen molar-refractivity contribution in [3.8, 4) is 0 Å². The van der Waals surface area contributed by atoms with Crippen molar-refractivity contribution in [2.45, 2.75) is 13.5 Å². The van der Waals surface area contributed by atoms with Crippen LogP contribution in [-0.2, 0) is 11.3 Å². The van der Waals surface area contributed by atoms with Gasteiger partial charge in [-0.15, -0.1) is 0 Å². The Hall–Kier alpha value is -2.14. The molecule has 0 saturated carbocycles. The lowest BCUT2D eigenvalue weighted by Crippen LogP contribution is -2.07. The van der Waals surface area contributed by atoms with Crippen LogP contribution in [0.2, 0.25) is 5.02 Å². The third-order valence-electron chi connectivity index (χ3n) is 2.77. The molecule has 0 unspecified atom stereocenters. The van der Waals surface area contributed by atoms with Gasteiger partial charge >= 0.3 is 0 Å². The summed E-state index contributed by atoms with van der Waals surface area (Å²) in [4.78, 5) is 11.0. The van der Waals surface area contributed by atoms with Crippen molar-refractivity contribution in [3.05, 3.63) is 58.6 Å². The Labute approximate surface area is 125 Å². The van der Waals surface area contributed by atoms with Gasteiger partial charge in [0.25, 0.3) is 0 Å². The van der Waals surface area contributed by atoms with Gasteiger partial charge in [0.1, 0.15) is 11.6 Å². The van der Waals surface area contributed by atoms with E-state index in [2.05, 4.69) is 10.6 Å². The smallest absolute Gasteiger partial charge is 0.221 e. The first-order valence-electron chi connectivity index (χ1n) is 6.20. The molecule has 3 nitrogen and oxygen atoms in total. The number of benzene rings is 2. The van der Waals surface area contributed by atoms with E-state index in [1.807, 2.05) is 0 Å². The maximum absolute atomic E-state index is 13.7. The van der Waals surface area contributed by atoms with Crippen LogP contribution in [-0.4, -0.2) is 5.91 Å². The third kappa shape index (κ3) is 4.16. The topological polar surface area (TPSA) is 41.1 Å². The van der Waals surface area contributed by atoms with Crippen molar-refractivity contribution in [2.24, 2.45) is 0 Å². The van der Waals surface area contributed by atoms with Gasteiger partial charge < -0.3 is 10.6 Å². The fourth-order valence-electron chi connectivity index (χ4n) is 1.80. The Bertz CT molecular complexity index is 677. The standard InChI is InChI=1S/C15H13ClF2N2O/c1-9(21)20-12-4-5-14(18)15(7-12)19-8-10-2-3-11(17)6-13(10)16/h2-7,19H,8H2,1H3,(H,20,21). The number of halogens is 3. The molecule has 2 aromatic carbocycles. The summed E-state index contributed by atoms with van der Waals surface area (Å²) in [6.45, 7) is 1.61. The van der Waals surface area contributed by atoms with E-state index in [-0.39, 0.29) is 23.2 Å². The summed E-state index contributed by atoms with van der Waals surface area (Å²) in [7, 11) is 0. The van der Waals surface area contributed by atoms with E-state index in [0.29, 0.717) is 11.3 Å². The number of carbonyl (C=O) groups excluding carboxylic acids is 1. The summed E-state index contributed by atoms with van der Waals surface area (Å²) in [5.74, 6) is -1.13. The Balaban J connectivity index is 2.13. The first-order valence-corrected chi connectivity index (χ1v) is 6.58. The van der Waals surface area contributed by atoms with Crippen molar-refractivity contribution in [3.63, 3.8) is 0 Å². The molecule has 0 heterocycles. The van der Waals surface area contributed by atoms with E-state index in [0.717, 1.165) is 0 Å². The lowest BCUT2D eigenvalue weighted by molar-refractivity contribution is -0.114. The molecule has 0 saturated heterocycles. The Kier molecular flexibility index (Phi) is 4.75. The van der Waals surface area contributed by atoms with Crippen LogP contribution < -0.4 is 10.6 Å². The van der Waals surface area contributed by atoms with Gasteiger partial charge in [-0.3, -0.25) is 4.79 Å². The maximum Gasteiger partial charge on any atom is 0.221 e. The summed E-state index contributed by atoms with van der Waals surface area (Å²) in [6.07, 6.45) is 0. The number of amides is 1. The van der Waals surface area contributed by atoms with Gasteiger partial charge in [-0.05, 0) is 35.9 Å². The molecular formula is C15H13ClF2N2O. The van der Waals surface area contributed by atoms with E-state index < -0.39 is 11.6 Å². The fraction of sp³-hybridized carbons (Fsp3) is 0.133. The van der Waals surface area contributed by atoms with Gasteiger partial charge in [-0.2, -0.15) is 0 Å². The zero-order valence-corrected chi connectivity index (χ0v) is 12.0. The van der Waals surface area contributed by atoms with E-state index >= 15 is 0 Å². The van der Waals surface area contributed by atoms with Crippen LogP contribution in [0, 0.1) is 11.6 Å². The highest BCUT2D eigenvalue weighted by Crippen LogP contribution is 2.22. The normalized spacial score (nSPS) is 10.3. The Morgan fingerprint density at radius 3 is 2.62 bits per heavy atom. The molecule has 0 fully saturated rings. The number of hydrogen-bond donors (Lipinski definition) is 2. The number of hydrogen-bond acceptors (Lipinski definition) is 2. The minimum absolute atomic E-state index is 0.224. The quantitative estimate of drug-likeness (QED) is 0.889. The van der Waals surface area contributed by atoms with Crippen LogP contribution in [0.25, 0.3) is 0 Å². The molecule has 0 spiro atoms. The average Bonchev–Trinajstić information content (AvgIpc) is 2.40. The lowest BCUT2D eigenvalue weighted by atomic mass is 10.2. The van der Waals surface area contributed by atoms with Gasteiger partial charge in [0.2, 0.25) is 5.91 Å². The van der Waals surface area contributed by atoms with Crippen LogP contribution in [0.5, 0.6) is 0 Å². The molecule has 0 aromatic heterocycles. The van der Waals surface area contributed by atoms with Crippen LogP contribution in [0.4, 0.5) is 20.2 Å². The van der Waals surface area contributed by atoms with Gasteiger partial charge in [-0.25, -0.2) is 8.78 Å². The van der Waals surface area contributed by atoms with Crippen molar-refractivity contribution < 1.29 is 13.6 Å². The van der Waals surface area contributed by atoms with Crippen LogP contribution in [0.15, 0.2) is 36.4 Å². The average molecular weight is 311 g/mol. The summed E-state index contributed by atoms with van der Waals surface area (Å²) in [6, 6.07) is 8.21. The highest BCUT2D eigenvalue weighted by Gasteiger charge is 2.06. The second kappa shape index (κ2) is 6.54. The molecule has 0 bridgehead atoms. The molecule has 1 amide bonds. The molecule has 2 rings (SSSR count). The summed E-state index contributed by atoms with van der Waals surface area (Å²) in [5, 5.41) is 5.70. The van der Waals surface area contributed by atoms with Crippen LogP contribution >= 0.6 is 11.6 Å². The highest BCUT2D eigenvalue weighted by atomic mass is 35.5. The molecule has 21 heavy (non-hydrogen) atoms. The number of carbonyl (C=O) groups is 1. The first kappa shape index (κ1) is 15.3. The van der Waals surface area contributed by atoms with Crippen molar-refractivity contribution >= 4 is 28.9 Å². The van der Waals surface area contributed by atoms with Gasteiger partial charge in [0.15, 0.2) is 0 Å². The van der Waals surface area contributed by atoms with Crippen molar-refractivity contribution in [1.82, 2.24) is 0 Å². The van der Waals surface area contributed by atoms with Crippen molar-refractivity contribution in [1.29, 1.82) is 0 Å². The predicted octanol–water partition coefficient (Wildman–Crippen LogP) is 4.19. The molecule has 0 aliphatic carbocycles. The minimum atomic E-state index is -0.456. The maximum atomic E-state index is 13.7. The van der Waals surface area contributed by atoms with Gasteiger partial charge in [0.05, 0.1) is 5.69 Å². The molecule has 0 atom stereocenters. The van der Waals surface area contributed by atoms with Gasteiger partial charge in [0, 0.05) is 24.2 Å². The van der Waals surface area contributed by atoms with Crippen LogP contribution in [0.1, 0.15) is 12.5 Å². The number of nitrogens with one attached hydrogen (secondary N) is 2. The van der Waals surface area contributed by atoms with Crippen molar-refractivity contribution in [2.75, 3.05) is 10.6 Å². The molecule has 0 radical (unpaired) electrons. The Morgan fingerprint density at radius 1 is 1.19 bits per heavy atom. The summed E-state index contributed by atoms with van der Waals surface area (Å²) >= 11 is 5.90. The monoisotopic (exact) mass is 310 g/mol. The fourth-order valence-corrected chi connectivity index (χ4v) is 2.03. The van der Waals surface area contributed by atoms with Gasteiger partial charge in [-0.1, -0.05) is 17.7 Å². The largest absolute Gasteiger partial charge is 0.378 e. The van der Waals surface area contributed by atoms with E-state index in [9.17, 15) is 13.6 Å². The zero-order chi connectivity index (χ0) is 15.4. The van der Waals surface area contributed by atoms with E-state index in [1.54, 1.807) is 0 Å². The third-order valence-corrected chi connectivity index (χ3v) is 3.12. The molecule has 2 N–H and O–H groups in total. The first-order chi connectivity index (χ1) is 9.95. The SMILES string of the molecule is CC(=O)Nc1ccc(F)c(NCc2ccc(F)cc2Cl)c1. The predicted molar refractivity (Wildman–Crippen MR) is 79.4 cm³/mol. The van der Waals surface area contributed by atoms with E-state index in [4.69, 9.17) is 11.6 Å². The lowest BCUT2D eigenvalue weighted by Gasteiger charge is -2.11. The molecule has 6 heteroatoms. The zero-order valence-electron chi connectivity index (χ0n) is 11.2. The second-order valence-corrected chi connectivity index (χ2v) is 4.87.